The standard InChI is InChI=1S/C18H32N2O2/c1-7-8-9-10-16(11-14(2)3)20-12-15(13-20)19-17(21)22-18(4,5)6/h10-11,15H,7-9,12-13H2,1-6H3,(H,19,21)/b16-10+. The van der Waals surface area contributed by atoms with Crippen LogP contribution in [0.2, 0.25) is 0 Å². The number of hydrogen-bond acceptors (Lipinski definition) is 3. The van der Waals surface area contributed by atoms with Crippen molar-refractivity contribution in [2.45, 2.75) is 72.4 Å². The summed E-state index contributed by atoms with van der Waals surface area (Å²) in [7, 11) is 0. The highest BCUT2D eigenvalue weighted by molar-refractivity contribution is 5.68. The molecule has 4 nitrogen and oxygen atoms in total. The van der Waals surface area contributed by atoms with Gasteiger partial charge in [0.15, 0.2) is 0 Å². The molecule has 22 heavy (non-hydrogen) atoms. The number of carbonyl (C=O) groups excluding carboxylic acids is 1. The molecule has 0 aromatic carbocycles. The number of carbonyl (C=O) groups is 1. The number of amides is 1. The van der Waals surface area contributed by atoms with Crippen molar-refractivity contribution >= 4 is 6.09 Å². The number of alkyl carbamates (subject to hydrolysis) is 1. The molecule has 1 aliphatic rings. The molecule has 1 N–H and O–H groups in total. The minimum atomic E-state index is -0.444. The van der Waals surface area contributed by atoms with Gasteiger partial charge in [0.25, 0.3) is 0 Å². The van der Waals surface area contributed by atoms with Crippen LogP contribution < -0.4 is 5.32 Å². The molecular formula is C18H32N2O2. The van der Waals surface area contributed by atoms with Gasteiger partial charge in [0, 0.05) is 18.8 Å². The van der Waals surface area contributed by atoms with Crippen LogP contribution in [0.5, 0.6) is 0 Å². The lowest BCUT2D eigenvalue weighted by atomic mass is 10.1. The number of nitrogens with zero attached hydrogens (tertiary/aromatic N) is 1. The third-order valence-electron chi connectivity index (χ3n) is 3.32. The number of rotatable bonds is 6. The van der Waals surface area contributed by atoms with E-state index in [2.05, 4.69) is 43.1 Å². The molecule has 0 atom stereocenters. The Bertz CT molecular complexity index is 423. The first-order valence-electron chi connectivity index (χ1n) is 8.30. The zero-order valence-corrected chi connectivity index (χ0v) is 15.0. The summed E-state index contributed by atoms with van der Waals surface area (Å²) in [5, 5.41) is 2.93. The number of hydrogen-bond donors (Lipinski definition) is 1. The van der Waals surface area contributed by atoms with Crippen LogP contribution in [-0.2, 0) is 4.74 Å². The van der Waals surface area contributed by atoms with Crippen molar-refractivity contribution in [3.63, 3.8) is 0 Å². The molecule has 1 fully saturated rings. The van der Waals surface area contributed by atoms with Crippen LogP contribution in [0, 0.1) is 0 Å². The Morgan fingerprint density at radius 2 is 1.95 bits per heavy atom. The lowest BCUT2D eigenvalue weighted by Crippen LogP contribution is -2.59. The van der Waals surface area contributed by atoms with Gasteiger partial charge >= 0.3 is 6.09 Å². The number of likely N-dealkylation sites (tertiary alicyclic amines) is 1. The van der Waals surface area contributed by atoms with Crippen LogP contribution in [0.3, 0.4) is 0 Å². The number of allylic oxidation sites excluding steroid dienone is 3. The van der Waals surface area contributed by atoms with E-state index < -0.39 is 5.60 Å². The maximum absolute atomic E-state index is 11.7. The summed E-state index contributed by atoms with van der Waals surface area (Å²) >= 11 is 0. The Balaban J connectivity index is 2.47. The van der Waals surface area contributed by atoms with E-state index in [0.29, 0.717) is 0 Å². The largest absolute Gasteiger partial charge is 0.444 e. The van der Waals surface area contributed by atoms with Crippen LogP contribution >= 0.6 is 0 Å². The Morgan fingerprint density at radius 1 is 1.32 bits per heavy atom. The number of ether oxygens (including phenoxy) is 1. The normalized spacial score (nSPS) is 16.1. The molecule has 126 valence electrons. The minimum absolute atomic E-state index is 0.176. The Kier molecular flexibility index (Phi) is 6.98. The maximum atomic E-state index is 11.7. The van der Waals surface area contributed by atoms with Crippen LogP contribution in [0.15, 0.2) is 23.4 Å². The highest BCUT2D eigenvalue weighted by atomic mass is 16.6. The molecule has 1 rings (SSSR count). The molecule has 1 aliphatic heterocycles. The first-order valence-corrected chi connectivity index (χ1v) is 8.30. The topological polar surface area (TPSA) is 41.6 Å². The predicted molar refractivity (Wildman–Crippen MR) is 91.8 cm³/mol. The quantitative estimate of drug-likeness (QED) is 0.589. The first-order chi connectivity index (χ1) is 10.2. The molecule has 0 bridgehead atoms. The highest BCUT2D eigenvalue weighted by Gasteiger charge is 2.30. The van der Waals surface area contributed by atoms with Crippen LogP contribution in [0.1, 0.15) is 60.8 Å². The van der Waals surface area contributed by atoms with E-state index in [9.17, 15) is 4.79 Å². The Hall–Kier alpha value is -1.45. The fraction of sp³-hybridized carbons (Fsp3) is 0.722. The number of unbranched alkanes of at least 4 members (excludes halogenated alkanes) is 2. The van der Waals surface area contributed by atoms with Crippen molar-refractivity contribution in [2.24, 2.45) is 0 Å². The van der Waals surface area contributed by atoms with Crippen LogP contribution in [0.4, 0.5) is 4.79 Å². The lowest BCUT2D eigenvalue weighted by Gasteiger charge is -2.42. The fourth-order valence-corrected chi connectivity index (χ4v) is 2.28. The van der Waals surface area contributed by atoms with Gasteiger partial charge in [0.2, 0.25) is 0 Å². The van der Waals surface area contributed by atoms with Crippen LogP contribution in [-0.4, -0.2) is 35.7 Å². The zero-order chi connectivity index (χ0) is 16.8. The fourth-order valence-electron chi connectivity index (χ4n) is 2.28. The Labute approximate surface area is 135 Å². The van der Waals surface area contributed by atoms with Gasteiger partial charge in [0.05, 0.1) is 6.04 Å². The molecule has 0 saturated carbocycles. The van der Waals surface area contributed by atoms with Crippen molar-refractivity contribution in [3.05, 3.63) is 23.4 Å². The molecule has 0 aromatic heterocycles. The summed E-state index contributed by atoms with van der Waals surface area (Å²) in [6.45, 7) is 13.8. The second-order valence-electron chi connectivity index (χ2n) is 7.24. The third-order valence-corrected chi connectivity index (χ3v) is 3.32. The molecule has 0 aliphatic carbocycles. The van der Waals surface area contributed by atoms with Crippen molar-refractivity contribution in [1.82, 2.24) is 10.2 Å². The van der Waals surface area contributed by atoms with E-state index in [1.165, 1.54) is 24.1 Å². The van der Waals surface area contributed by atoms with E-state index in [0.717, 1.165) is 19.5 Å². The van der Waals surface area contributed by atoms with Gasteiger partial charge < -0.3 is 15.0 Å². The second-order valence-corrected chi connectivity index (χ2v) is 7.24. The molecule has 0 spiro atoms. The molecular weight excluding hydrogens is 276 g/mol. The summed E-state index contributed by atoms with van der Waals surface area (Å²) < 4.78 is 5.29. The van der Waals surface area contributed by atoms with Crippen molar-refractivity contribution in [1.29, 1.82) is 0 Å². The summed E-state index contributed by atoms with van der Waals surface area (Å²) in [6, 6.07) is 0.176. The summed E-state index contributed by atoms with van der Waals surface area (Å²) in [5.74, 6) is 0. The predicted octanol–water partition coefficient (Wildman–Crippen LogP) is 4.24. The minimum Gasteiger partial charge on any atom is -0.444 e. The highest BCUT2D eigenvalue weighted by Crippen LogP contribution is 2.19. The molecule has 0 radical (unpaired) electrons. The molecule has 1 saturated heterocycles. The maximum Gasteiger partial charge on any atom is 0.407 e. The molecule has 1 amide bonds. The first kappa shape index (κ1) is 18.6. The van der Waals surface area contributed by atoms with Crippen molar-refractivity contribution < 1.29 is 9.53 Å². The van der Waals surface area contributed by atoms with Gasteiger partial charge in [0.1, 0.15) is 5.60 Å². The molecule has 0 aromatic rings. The monoisotopic (exact) mass is 308 g/mol. The van der Waals surface area contributed by atoms with Crippen molar-refractivity contribution in [3.8, 4) is 0 Å². The van der Waals surface area contributed by atoms with Gasteiger partial charge in [-0.15, -0.1) is 0 Å². The van der Waals surface area contributed by atoms with E-state index in [-0.39, 0.29) is 12.1 Å². The number of nitrogens with one attached hydrogen (secondary N) is 1. The Morgan fingerprint density at radius 3 is 2.45 bits per heavy atom. The van der Waals surface area contributed by atoms with Gasteiger partial charge in [-0.3, -0.25) is 0 Å². The average Bonchev–Trinajstić information content (AvgIpc) is 2.29. The summed E-state index contributed by atoms with van der Waals surface area (Å²) in [5.41, 5.74) is 2.13. The van der Waals surface area contributed by atoms with E-state index in [4.69, 9.17) is 4.74 Å². The van der Waals surface area contributed by atoms with E-state index >= 15 is 0 Å². The SMILES string of the molecule is CCCC/C=C(\C=C(C)C)N1CC(NC(=O)OC(C)(C)C)C1. The van der Waals surface area contributed by atoms with E-state index in [1.54, 1.807) is 0 Å². The molecule has 4 heteroatoms. The second kappa shape index (κ2) is 8.25. The third kappa shape index (κ3) is 7.01. The summed E-state index contributed by atoms with van der Waals surface area (Å²) in [6.07, 6.45) is 7.74. The van der Waals surface area contributed by atoms with Gasteiger partial charge in [-0.05, 0) is 47.1 Å². The smallest absolute Gasteiger partial charge is 0.407 e. The lowest BCUT2D eigenvalue weighted by molar-refractivity contribution is 0.0437. The molecule has 0 unspecified atom stereocenters. The van der Waals surface area contributed by atoms with Crippen LogP contribution in [0.25, 0.3) is 0 Å². The summed E-state index contributed by atoms with van der Waals surface area (Å²) in [4.78, 5) is 14.1. The average molecular weight is 308 g/mol. The van der Waals surface area contributed by atoms with Gasteiger partial charge in [-0.25, -0.2) is 4.79 Å². The molecule has 1 heterocycles. The van der Waals surface area contributed by atoms with Gasteiger partial charge in [-0.1, -0.05) is 31.4 Å². The van der Waals surface area contributed by atoms with Gasteiger partial charge in [-0.2, -0.15) is 0 Å². The van der Waals surface area contributed by atoms with Crippen molar-refractivity contribution in [2.75, 3.05) is 13.1 Å². The zero-order valence-electron chi connectivity index (χ0n) is 15.0. The van der Waals surface area contributed by atoms with E-state index in [1.807, 2.05) is 20.8 Å².